The molecule has 3 heterocycles. The van der Waals surface area contributed by atoms with Gasteiger partial charge in [-0.25, -0.2) is 0 Å². The summed E-state index contributed by atoms with van der Waals surface area (Å²) in [5.74, 6) is 0.498. The maximum Gasteiger partial charge on any atom is 0.225 e. The molecule has 3 aromatic rings. The van der Waals surface area contributed by atoms with Crippen molar-refractivity contribution in [2.45, 2.75) is 12.8 Å². The maximum atomic E-state index is 11.9. The fraction of sp³-hybridized carbons (Fsp3) is 0.133. The van der Waals surface area contributed by atoms with E-state index in [2.05, 4.69) is 20.5 Å². The van der Waals surface area contributed by atoms with Crippen LogP contribution < -0.4 is 5.32 Å². The van der Waals surface area contributed by atoms with Crippen molar-refractivity contribution < 1.29 is 4.79 Å². The van der Waals surface area contributed by atoms with Crippen LogP contribution in [0, 0.1) is 0 Å². The number of carbonyl (C=O) groups excluding carboxylic acids is 1. The SMILES string of the molecule is O=C(CCc1cccnc1)Nc1cc(-c2cccs2)[nH]n1. The lowest BCUT2D eigenvalue weighted by Gasteiger charge is -2.01. The standard InChI is InChI=1S/C15H14N4OS/c20-15(6-5-11-3-1-7-16-10-11)17-14-9-12(18-19-14)13-4-2-8-21-13/h1-4,7-10H,5-6H2,(H2,17,18,19,20). The first-order valence-electron chi connectivity index (χ1n) is 6.59. The van der Waals surface area contributed by atoms with Crippen LogP contribution in [0.1, 0.15) is 12.0 Å². The molecule has 0 atom stereocenters. The summed E-state index contributed by atoms with van der Waals surface area (Å²) in [4.78, 5) is 17.0. The molecule has 6 heteroatoms. The number of rotatable bonds is 5. The molecular weight excluding hydrogens is 284 g/mol. The number of aryl methyl sites for hydroxylation is 1. The Kier molecular flexibility index (Phi) is 4.07. The molecule has 21 heavy (non-hydrogen) atoms. The number of nitrogens with zero attached hydrogens (tertiary/aromatic N) is 2. The molecule has 3 aromatic heterocycles. The van der Waals surface area contributed by atoms with Gasteiger partial charge < -0.3 is 5.32 Å². The smallest absolute Gasteiger partial charge is 0.225 e. The molecule has 5 nitrogen and oxygen atoms in total. The maximum absolute atomic E-state index is 11.9. The highest BCUT2D eigenvalue weighted by molar-refractivity contribution is 7.13. The highest BCUT2D eigenvalue weighted by Gasteiger charge is 2.08. The lowest BCUT2D eigenvalue weighted by Crippen LogP contribution is -2.12. The van der Waals surface area contributed by atoms with E-state index in [-0.39, 0.29) is 5.91 Å². The Hall–Kier alpha value is -2.47. The van der Waals surface area contributed by atoms with Crippen LogP contribution >= 0.6 is 11.3 Å². The van der Waals surface area contributed by atoms with Gasteiger partial charge in [0.2, 0.25) is 5.91 Å². The van der Waals surface area contributed by atoms with Gasteiger partial charge in [0.25, 0.3) is 0 Å². The van der Waals surface area contributed by atoms with Crippen molar-refractivity contribution in [2.24, 2.45) is 0 Å². The third-order valence-electron chi connectivity index (χ3n) is 3.00. The Morgan fingerprint density at radius 3 is 3.05 bits per heavy atom. The first-order valence-corrected chi connectivity index (χ1v) is 7.47. The van der Waals surface area contributed by atoms with Crippen molar-refractivity contribution in [3.63, 3.8) is 0 Å². The molecule has 0 bridgehead atoms. The zero-order chi connectivity index (χ0) is 14.5. The summed E-state index contributed by atoms with van der Waals surface area (Å²) in [5.41, 5.74) is 1.96. The minimum Gasteiger partial charge on any atom is -0.309 e. The summed E-state index contributed by atoms with van der Waals surface area (Å²) in [5, 5.41) is 11.8. The normalized spacial score (nSPS) is 10.5. The minimum atomic E-state index is -0.0527. The Morgan fingerprint density at radius 1 is 1.33 bits per heavy atom. The number of pyridine rings is 1. The predicted octanol–water partition coefficient (Wildman–Crippen LogP) is 3.10. The van der Waals surface area contributed by atoms with E-state index in [9.17, 15) is 4.79 Å². The van der Waals surface area contributed by atoms with Gasteiger partial charge >= 0.3 is 0 Å². The first-order chi connectivity index (χ1) is 10.3. The third-order valence-corrected chi connectivity index (χ3v) is 3.90. The van der Waals surface area contributed by atoms with Gasteiger partial charge in [-0.15, -0.1) is 11.3 Å². The average Bonchev–Trinajstić information content (AvgIpc) is 3.17. The van der Waals surface area contributed by atoms with Crippen molar-refractivity contribution >= 4 is 23.1 Å². The van der Waals surface area contributed by atoms with Gasteiger partial charge in [-0.05, 0) is 29.5 Å². The monoisotopic (exact) mass is 298 g/mol. The Bertz CT molecular complexity index is 706. The van der Waals surface area contributed by atoms with E-state index in [1.54, 1.807) is 23.7 Å². The summed E-state index contributed by atoms with van der Waals surface area (Å²) in [7, 11) is 0. The van der Waals surface area contributed by atoms with Crippen LogP contribution in [0.5, 0.6) is 0 Å². The lowest BCUT2D eigenvalue weighted by molar-refractivity contribution is -0.116. The zero-order valence-corrected chi connectivity index (χ0v) is 12.1. The highest BCUT2D eigenvalue weighted by Crippen LogP contribution is 2.24. The van der Waals surface area contributed by atoms with Crippen LogP contribution in [0.3, 0.4) is 0 Å². The van der Waals surface area contributed by atoms with Gasteiger partial charge in [0, 0.05) is 24.9 Å². The molecule has 0 aromatic carbocycles. The molecular formula is C15H14N4OS. The molecule has 2 N–H and O–H groups in total. The molecule has 0 aliphatic carbocycles. The second kappa shape index (κ2) is 6.32. The van der Waals surface area contributed by atoms with E-state index in [0.29, 0.717) is 18.7 Å². The predicted molar refractivity (Wildman–Crippen MR) is 83.1 cm³/mol. The fourth-order valence-corrected chi connectivity index (χ4v) is 2.65. The minimum absolute atomic E-state index is 0.0527. The van der Waals surface area contributed by atoms with Crippen LogP contribution in [-0.2, 0) is 11.2 Å². The van der Waals surface area contributed by atoms with Gasteiger partial charge in [0.05, 0.1) is 10.6 Å². The quantitative estimate of drug-likeness (QED) is 0.760. The Balaban J connectivity index is 1.55. The molecule has 3 rings (SSSR count). The van der Waals surface area contributed by atoms with Crippen LogP contribution in [0.25, 0.3) is 10.6 Å². The van der Waals surface area contributed by atoms with Gasteiger partial charge in [-0.3, -0.25) is 14.9 Å². The van der Waals surface area contributed by atoms with Crippen molar-refractivity contribution in [1.82, 2.24) is 15.2 Å². The van der Waals surface area contributed by atoms with E-state index in [1.165, 1.54) is 0 Å². The number of amides is 1. The number of H-pyrrole nitrogens is 1. The topological polar surface area (TPSA) is 70.7 Å². The van der Waals surface area contributed by atoms with E-state index >= 15 is 0 Å². The molecule has 1 amide bonds. The van der Waals surface area contributed by atoms with Crippen molar-refractivity contribution in [1.29, 1.82) is 0 Å². The molecule has 0 saturated carbocycles. The number of hydrogen-bond donors (Lipinski definition) is 2. The van der Waals surface area contributed by atoms with E-state index < -0.39 is 0 Å². The molecule has 106 valence electrons. The van der Waals surface area contributed by atoms with E-state index in [4.69, 9.17) is 0 Å². The number of carbonyl (C=O) groups is 1. The Labute approximate surface area is 126 Å². The van der Waals surface area contributed by atoms with Crippen molar-refractivity contribution in [2.75, 3.05) is 5.32 Å². The number of anilines is 1. The average molecular weight is 298 g/mol. The molecule has 0 fully saturated rings. The molecule has 0 aliphatic heterocycles. The summed E-state index contributed by atoms with van der Waals surface area (Å²) in [6.07, 6.45) is 4.57. The second-order valence-corrected chi connectivity index (χ2v) is 5.50. The number of aromatic amines is 1. The summed E-state index contributed by atoms with van der Waals surface area (Å²) in [6.45, 7) is 0. The van der Waals surface area contributed by atoms with Gasteiger partial charge in [-0.2, -0.15) is 5.10 Å². The van der Waals surface area contributed by atoms with Gasteiger partial charge in [0.1, 0.15) is 0 Å². The number of aromatic nitrogens is 3. The van der Waals surface area contributed by atoms with Crippen LogP contribution in [0.15, 0.2) is 48.1 Å². The molecule has 0 saturated heterocycles. The van der Waals surface area contributed by atoms with Crippen LogP contribution in [0.2, 0.25) is 0 Å². The third kappa shape index (κ3) is 3.55. The van der Waals surface area contributed by atoms with Crippen molar-refractivity contribution in [3.8, 4) is 10.6 Å². The molecule has 0 radical (unpaired) electrons. The van der Waals surface area contributed by atoms with E-state index in [0.717, 1.165) is 16.1 Å². The van der Waals surface area contributed by atoms with E-state index in [1.807, 2.05) is 35.7 Å². The summed E-state index contributed by atoms with van der Waals surface area (Å²) in [6, 6.07) is 9.66. The first kappa shape index (κ1) is 13.5. The number of nitrogens with one attached hydrogen (secondary N) is 2. The number of thiophene rings is 1. The molecule has 0 unspecified atom stereocenters. The largest absolute Gasteiger partial charge is 0.309 e. The summed E-state index contributed by atoms with van der Waals surface area (Å²) < 4.78 is 0. The number of hydrogen-bond acceptors (Lipinski definition) is 4. The molecule has 0 aliphatic rings. The zero-order valence-electron chi connectivity index (χ0n) is 11.2. The van der Waals surface area contributed by atoms with Crippen LogP contribution in [0.4, 0.5) is 5.82 Å². The van der Waals surface area contributed by atoms with Crippen LogP contribution in [-0.4, -0.2) is 21.1 Å². The fourth-order valence-electron chi connectivity index (χ4n) is 1.95. The Morgan fingerprint density at radius 2 is 2.29 bits per heavy atom. The lowest BCUT2D eigenvalue weighted by atomic mass is 10.1. The highest BCUT2D eigenvalue weighted by atomic mass is 32.1. The molecule has 0 spiro atoms. The van der Waals surface area contributed by atoms with Gasteiger partial charge in [-0.1, -0.05) is 12.1 Å². The van der Waals surface area contributed by atoms with Gasteiger partial charge in [0.15, 0.2) is 5.82 Å². The van der Waals surface area contributed by atoms with Crippen molar-refractivity contribution in [3.05, 3.63) is 53.7 Å². The second-order valence-electron chi connectivity index (χ2n) is 4.55. The summed E-state index contributed by atoms with van der Waals surface area (Å²) >= 11 is 1.62.